The van der Waals surface area contributed by atoms with Gasteiger partial charge in [0.25, 0.3) is 0 Å². The zero-order valence-corrected chi connectivity index (χ0v) is 11.6. The van der Waals surface area contributed by atoms with Crippen LogP contribution in [0.5, 0.6) is 5.75 Å². The molecule has 5 heteroatoms. The molecule has 2 N–H and O–H groups in total. The van der Waals surface area contributed by atoms with Gasteiger partial charge in [0.2, 0.25) is 5.91 Å². The molecule has 0 atom stereocenters. The molecule has 1 aliphatic rings. The summed E-state index contributed by atoms with van der Waals surface area (Å²) in [7, 11) is 0. The van der Waals surface area contributed by atoms with Crippen molar-refractivity contribution in [2.45, 2.75) is 32.2 Å². The van der Waals surface area contributed by atoms with Gasteiger partial charge in [0.1, 0.15) is 0 Å². The monoisotopic (exact) mass is 280 g/mol. The summed E-state index contributed by atoms with van der Waals surface area (Å²) < 4.78 is 13.1. The molecule has 0 saturated carbocycles. The van der Waals surface area contributed by atoms with Crippen LogP contribution in [-0.2, 0) is 11.3 Å². The Morgan fingerprint density at radius 2 is 2.05 bits per heavy atom. The fraction of sp³-hybridized carbons (Fsp3) is 0.533. The number of carbonyl (C=O) groups excluding carboxylic acids is 1. The molecule has 1 heterocycles. The molecule has 0 bridgehead atoms. The van der Waals surface area contributed by atoms with Gasteiger partial charge in [-0.05, 0) is 37.0 Å². The summed E-state index contributed by atoms with van der Waals surface area (Å²) >= 11 is 0. The number of phenols is 1. The van der Waals surface area contributed by atoms with E-state index in [2.05, 4.69) is 5.32 Å². The summed E-state index contributed by atoms with van der Waals surface area (Å²) in [5, 5.41) is 12.2. The molecule has 20 heavy (non-hydrogen) atoms. The van der Waals surface area contributed by atoms with E-state index in [-0.39, 0.29) is 11.7 Å². The minimum Gasteiger partial charge on any atom is -0.505 e. The highest BCUT2D eigenvalue weighted by atomic mass is 19.1. The number of benzene rings is 1. The van der Waals surface area contributed by atoms with Crippen LogP contribution in [0, 0.1) is 5.82 Å². The number of aromatic hydroxyl groups is 1. The van der Waals surface area contributed by atoms with E-state index in [1.165, 1.54) is 18.6 Å². The summed E-state index contributed by atoms with van der Waals surface area (Å²) in [5.41, 5.74) is 0.755. The molecule has 1 aromatic carbocycles. The molecule has 1 aromatic rings. The van der Waals surface area contributed by atoms with Crippen LogP contribution in [0.4, 0.5) is 4.39 Å². The zero-order chi connectivity index (χ0) is 14.4. The zero-order valence-electron chi connectivity index (χ0n) is 11.6. The maximum Gasteiger partial charge on any atom is 0.223 e. The van der Waals surface area contributed by atoms with Crippen molar-refractivity contribution in [2.75, 3.05) is 19.6 Å². The molecule has 0 unspecified atom stereocenters. The van der Waals surface area contributed by atoms with Crippen molar-refractivity contribution in [3.05, 3.63) is 29.6 Å². The van der Waals surface area contributed by atoms with Crippen LogP contribution < -0.4 is 5.32 Å². The van der Waals surface area contributed by atoms with E-state index < -0.39 is 5.82 Å². The summed E-state index contributed by atoms with van der Waals surface area (Å²) in [4.78, 5) is 13.8. The van der Waals surface area contributed by atoms with E-state index >= 15 is 0 Å². The molecule has 0 aliphatic carbocycles. The van der Waals surface area contributed by atoms with Crippen LogP contribution >= 0.6 is 0 Å². The molecule has 2 rings (SSSR count). The Labute approximate surface area is 118 Å². The lowest BCUT2D eigenvalue weighted by Gasteiger charge is -2.26. The van der Waals surface area contributed by atoms with Gasteiger partial charge in [-0.25, -0.2) is 4.39 Å². The number of nitrogens with one attached hydrogen (secondary N) is 1. The topological polar surface area (TPSA) is 52.6 Å². The van der Waals surface area contributed by atoms with E-state index in [9.17, 15) is 9.18 Å². The highest BCUT2D eigenvalue weighted by Crippen LogP contribution is 2.16. The molecular weight excluding hydrogens is 259 g/mol. The standard InChI is InChI=1S/C15H21FN2O2/c16-13-10-12(4-5-14(13)19)11-17-7-6-15(20)18-8-2-1-3-9-18/h4-5,10,17,19H,1-3,6-9,11H2. The second kappa shape index (κ2) is 7.24. The van der Waals surface area contributed by atoms with E-state index in [1.807, 2.05) is 4.90 Å². The first-order valence-corrected chi connectivity index (χ1v) is 7.13. The van der Waals surface area contributed by atoms with Gasteiger partial charge < -0.3 is 15.3 Å². The number of hydrogen-bond donors (Lipinski definition) is 2. The summed E-state index contributed by atoms with van der Waals surface area (Å²) in [6, 6.07) is 4.30. The van der Waals surface area contributed by atoms with E-state index in [1.54, 1.807) is 6.07 Å². The minimum absolute atomic E-state index is 0.189. The lowest BCUT2D eigenvalue weighted by atomic mass is 10.1. The highest BCUT2D eigenvalue weighted by molar-refractivity contribution is 5.76. The number of likely N-dealkylation sites (tertiary alicyclic amines) is 1. The SMILES string of the molecule is O=C(CCNCc1ccc(O)c(F)c1)N1CCCCC1. The minimum atomic E-state index is -0.617. The number of carbonyl (C=O) groups is 1. The van der Waals surface area contributed by atoms with Gasteiger partial charge in [-0.15, -0.1) is 0 Å². The van der Waals surface area contributed by atoms with Crippen molar-refractivity contribution >= 4 is 5.91 Å². The number of halogens is 1. The van der Waals surface area contributed by atoms with Gasteiger partial charge in [-0.2, -0.15) is 0 Å². The Morgan fingerprint density at radius 1 is 1.30 bits per heavy atom. The maximum absolute atomic E-state index is 13.1. The third kappa shape index (κ3) is 4.20. The second-order valence-corrected chi connectivity index (χ2v) is 5.15. The Bertz CT molecular complexity index is 459. The molecule has 1 amide bonds. The third-order valence-corrected chi connectivity index (χ3v) is 3.57. The smallest absolute Gasteiger partial charge is 0.223 e. The van der Waals surface area contributed by atoms with Crippen molar-refractivity contribution in [1.29, 1.82) is 0 Å². The molecule has 0 radical (unpaired) electrons. The van der Waals surface area contributed by atoms with Crippen LogP contribution in [0.1, 0.15) is 31.2 Å². The van der Waals surface area contributed by atoms with Crippen LogP contribution in [0.3, 0.4) is 0 Å². The van der Waals surface area contributed by atoms with Crippen molar-refractivity contribution in [2.24, 2.45) is 0 Å². The van der Waals surface area contributed by atoms with Crippen LogP contribution in [0.15, 0.2) is 18.2 Å². The van der Waals surface area contributed by atoms with Crippen LogP contribution in [0.2, 0.25) is 0 Å². The fourth-order valence-electron chi connectivity index (χ4n) is 2.39. The Hall–Kier alpha value is -1.62. The van der Waals surface area contributed by atoms with Gasteiger partial charge in [0.15, 0.2) is 11.6 Å². The van der Waals surface area contributed by atoms with Gasteiger partial charge in [-0.3, -0.25) is 4.79 Å². The predicted octanol–water partition coefficient (Wildman–Crippen LogP) is 2.02. The van der Waals surface area contributed by atoms with Crippen LogP contribution in [0.25, 0.3) is 0 Å². The average molecular weight is 280 g/mol. The number of amides is 1. The summed E-state index contributed by atoms with van der Waals surface area (Å²) in [6.07, 6.45) is 3.90. The Balaban J connectivity index is 1.68. The van der Waals surface area contributed by atoms with Gasteiger partial charge in [0.05, 0.1) is 0 Å². The lowest BCUT2D eigenvalue weighted by molar-refractivity contribution is -0.131. The number of hydrogen-bond acceptors (Lipinski definition) is 3. The highest BCUT2D eigenvalue weighted by Gasteiger charge is 2.15. The molecule has 110 valence electrons. The number of rotatable bonds is 5. The molecule has 0 spiro atoms. The molecule has 4 nitrogen and oxygen atoms in total. The lowest BCUT2D eigenvalue weighted by Crippen LogP contribution is -2.37. The number of piperidine rings is 1. The van der Waals surface area contributed by atoms with Gasteiger partial charge in [0, 0.05) is 32.6 Å². The third-order valence-electron chi connectivity index (χ3n) is 3.57. The molecule has 1 aliphatic heterocycles. The first kappa shape index (κ1) is 14.8. The molecule has 1 fully saturated rings. The number of phenolic OH excluding ortho intramolecular Hbond substituents is 1. The first-order valence-electron chi connectivity index (χ1n) is 7.13. The average Bonchev–Trinajstić information content (AvgIpc) is 2.48. The number of nitrogens with zero attached hydrogens (tertiary/aromatic N) is 1. The normalized spacial score (nSPS) is 15.3. The van der Waals surface area contributed by atoms with Crippen LogP contribution in [-0.4, -0.2) is 35.5 Å². The van der Waals surface area contributed by atoms with Crippen molar-refractivity contribution in [3.63, 3.8) is 0 Å². The van der Waals surface area contributed by atoms with Crippen molar-refractivity contribution in [3.8, 4) is 5.75 Å². The molecule has 0 aromatic heterocycles. The Morgan fingerprint density at radius 3 is 2.75 bits per heavy atom. The second-order valence-electron chi connectivity index (χ2n) is 5.15. The summed E-state index contributed by atoms with van der Waals surface area (Å²) in [6.45, 7) is 2.83. The van der Waals surface area contributed by atoms with E-state index in [0.29, 0.717) is 19.5 Å². The molecular formula is C15H21FN2O2. The molecule has 1 saturated heterocycles. The van der Waals surface area contributed by atoms with Gasteiger partial charge >= 0.3 is 0 Å². The first-order chi connectivity index (χ1) is 9.66. The largest absolute Gasteiger partial charge is 0.505 e. The van der Waals surface area contributed by atoms with E-state index in [4.69, 9.17) is 5.11 Å². The van der Waals surface area contributed by atoms with Crippen molar-refractivity contribution in [1.82, 2.24) is 10.2 Å². The Kier molecular flexibility index (Phi) is 5.35. The van der Waals surface area contributed by atoms with Gasteiger partial charge in [-0.1, -0.05) is 6.07 Å². The maximum atomic E-state index is 13.1. The van der Waals surface area contributed by atoms with E-state index in [0.717, 1.165) is 31.5 Å². The quantitative estimate of drug-likeness (QED) is 0.811. The predicted molar refractivity (Wildman–Crippen MR) is 74.8 cm³/mol. The van der Waals surface area contributed by atoms with Crippen molar-refractivity contribution < 1.29 is 14.3 Å². The fourth-order valence-corrected chi connectivity index (χ4v) is 2.39. The summed E-state index contributed by atoms with van der Waals surface area (Å²) in [5.74, 6) is -0.767.